The molecule has 25 heavy (non-hydrogen) atoms. The number of benzene rings is 2. The molecule has 1 aromatic heterocycles. The third kappa shape index (κ3) is 4.33. The molecule has 1 heterocycles. The fraction of sp³-hybridized carbons (Fsp3) is 0.200. The quantitative estimate of drug-likeness (QED) is 0.691. The van der Waals surface area contributed by atoms with Crippen LogP contribution in [0, 0.1) is 0 Å². The standard InChI is InChI=1S/C20H20N2O3/c23-13-7-12-17(15-8-3-1-4-9-15)21-20(24)18-14-19(25-22-18)16-10-5-2-6-11-16/h1-6,8-11,14,17,23H,7,12-13H2,(H,21,24). The smallest absolute Gasteiger partial charge is 0.273 e. The summed E-state index contributed by atoms with van der Waals surface area (Å²) < 4.78 is 5.29. The second kappa shape index (κ2) is 8.26. The largest absolute Gasteiger partial charge is 0.396 e. The normalized spacial score (nSPS) is 11.9. The van der Waals surface area contributed by atoms with E-state index in [1.807, 2.05) is 60.7 Å². The van der Waals surface area contributed by atoms with E-state index < -0.39 is 0 Å². The summed E-state index contributed by atoms with van der Waals surface area (Å²) in [5.74, 6) is 0.259. The first kappa shape index (κ1) is 16.9. The van der Waals surface area contributed by atoms with Gasteiger partial charge in [0, 0.05) is 18.2 Å². The highest BCUT2D eigenvalue weighted by Gasteiger charge is 2.19. The summed E-state index contributed by atoms with van der Waals surface area (Å²) in [5, 5.41) is 16.0. The van der Waals surface area contributed by atoms with E-state index in [4.69, 9.17) is 9.63 Å². The summed E-state index contributed by atoms with van der Waals surface area (Å²) in [7, 11) is 0. The average Bonchev–Trinajstić information content (AvgIpc) is 3.17. The van der Waals surface area contributed by atoms with Crippen LogP contribution >= 0.6 is 0 Å². The Morgan fingerprint density at radius 3 is 2.44 bits per heavy atom. The van der Waals surface area contributed by atoms with Crippen LogP contribution in [0.2, 0.25) is 0 Å². The third-order valence-corrected chi connectivity index (χ3v) is 3.96. The number of nitrogens with one attached hydrogen (secondary N) is 1. The minimum atomic E-state index is -0.294. The molecule has 5 nitrogen and oxygen atoms in total. The van der Waals surface area contributed by atoms with Crippen molar-refractivity contribution in [2.24, 2.45) is 0 Å². The molecule has 128 valence electrons. The molecule has 0 fully saturated rings. The van der Waals surface area contributed by atoms with Crippen LogP contribution in [0.1, 0.15) is 34.9 Å². The Balaban J connectivity index is 1.74. The van der Waals surface area contributed by atoms with Crippen LogP contribution < -0.4 is 5.32 Å². The Labute approximate surface area is 146 Å². The third-order valence-electron chi connectivity index (χ3n) is 3.96. The lowest BCUT2D eigenvalue weighted by molar-refractivity contribution is 0.0923. The van der Waals surface area contributed by atoms with Crippen molar-refractivity contribution in [2.45, 2.75) is 18.9 Å². The lowest BCUT2D eigenvalue weighted by Gasteiger charge is -2.18. The summed E-state index contributed by atoms with van der Waals surface area (Å²) in [5.41, 5.74) is 2.11. The molecule has 5 heteroatoms. The molecule has 1 atom stereocenters. The second-order valence-corrected chi connectivity index (χ2v) is 5.74. The first-order chi connectivity index (χ1) is 12.3. The minimum Gasteiger partial charge on any atom is -0.396 e. The number of hydrogen-bond acceptors (Lipinski definition) is 4. The zero-order valence-corrected chi connectivity index (χ0v) is 13.8. The van der Waals surface area contributed by atoms with Crippen LogP contribution in [0.15, 0.2) is 71.3 Å². The lowest BCUT2D eigenvalue weighted by atomic mass is 10.0. The van der Waals surface area contributed by atoms with Crippen LogP contribution in [0.4, 0.5) is 0 Å². The van der Waals surface area contributed by atoms with E-state index in [0.717, 1.165) is 11.1 Å². The Bertz CT molecular complexity index is 800. The predicted octanol–water partition coefficient (Wildman–Crippen LogP) is 3.59. The molecule has 0 aliphatic heterocycles. The molecule has 1 unspecified atom stereocenters. The predicted molar refractivity (Wildman–Crippen MR) is 94.9 cm³/mol. The Hall–Kier alpha value is -2.92. The molecule has 2 N–H and O–H groups in total. The van der Waals surface area contributed by atoms with Crippen LogP contribution in [0.5, 0.6) is 0 Å². The maximum absolute atomic E-state index is 12.5. The Kier molecular flexibility index (Phi) is 5.59. The Morgan fingerprint density at radius 2 is 1.76 bits per heavy atom. The van der Waals surface area contributed by atoms with Gasteiger partial charge in [0.25, 0.3) is 5.91 Å². The monoisotopic (exact) mass is 336 g/mol. The van der Waals surface area contributed by atoms with E-state index in [2.05, 4.69) is 10.5 Å². The van der Waals surface area contributed by atoms with Gasteiger partial charge in [-0.1, -0.05) is 65.8 Å². The molecule has 0 aliphatic rings. The number of carbonyl (C=O) groups excluding carboxylic acids is 1. The molecular formula is C20H20N2O3. The van der Waals surface area contributed by atoms with Gasteiger partial charge in [-0.2, -0.15) is 0 Å². The molecule has 1 amide bonds. The van der Waals surface area contributed by atoms with Gasteiger partial charge in [-0.15, -0.1) is 0 Å². The number of aliphatic hydroxyl groups excluding tert-OH is 1. The fourth-order valence-electron chi connectivity index (χ4n) is 2.66. The first-order valence-corrected chi connectivity index (χ1v) is 8.26. The highest BCUT2D eigenvalue weighted by molar-refractivity contribution is 5.93. The van der Waals surface area contributed by atoms with Crippen molar-refractivity contribution in [3.8, 4) is 11.3 Å². The maximum atomic E-state index is 12.5. The summed E-state index contributed by atoms with van der Waals surface area (Å²) in [6, 6.07) is 20.7. The highest BCUT2D eigenvalue weighted by Crippen LogP contribution is 2.22. The number of amides is 1. The number of hydrogen-bond donors (Lipinski definition) is 2. The zero-order valence-electron chi connectivity index (χ0n) is 13.8. The van der Waals surface area contributed by atoms with Gasteiger partial charge >= 0.3 is 0 Å². The average molecular weight is 336 g/mol. The van der Waals surface area contributed by atoms with E-state index in [1.54, 1.807) is 6.07 Å². The van der Waals surface area contributed by atoms with Gasteiger partial charge in [0.05, 0.1) is 6.04 Å². The Morgan fingerprint density at radius 1 is 1.08 bits per heavy atom. The molecule has 0 saturated carbocycles. The van der Waals surface area contributed by atoms with Gasteiger partial charge in [0.2, 0.25) is 0 Å². The van der Waals surface area contributed by atoms with Crippen molar-refractivity contribution in [3.63, 3.8) is 0 Å². The van der Waals surface area contributed by atoms with Crippen molar-refractivity contribution < 1.29 is 14.4 Å². The van der Waals surface area contributed by atoms with Crippen LogP contribution in [0.25, 0.3) is 11.3 Å². The molecule has 3 rings (SSSR count). The van der Waals surface area contributed by atoms with E-state index in [9.17, 15) is 4.79 Å². The molecule has 0 aliphatic carbocycles. The molecule has 0 saturated heterocycles. The van der Waals surface area contributed by atoms with Gasteiger partial charge in [-0.3, -0.25) is 4.79 Å². The van der Waals surface area contributed by atoms with Crippen molar-refractivity contribution in [3.05, 3.63) is 78.0 Å². The van der Waals surface area contributed by atoms with Crippen molar-refractivity contribution in [1.29, 1.82) is 0 Å². The number of aromatic nitrogens is 1. The maximum Gasteiger partial charge on any atom is 0.273 e. The second-order valence-electron chi connectivity index (χ2n) is 5.74. The minimum absolute atomic E-state index is 0.0846. The molecular weight excluding hydrogens is 316 g/mol. The number of nitrogens with zero attached hydrogens (tertiary/aromatic N) is 1. The van der Waals surface area contributed by atoms with E-state index in [0.29, 0.717) is 18.6 Å². The zero-order chi connectivity index (χ0) is 17.5. The molecule has 2 aromatic carbocycles. The fourth-order valence-corrected chi connectivity index (χ4v) is 2.66. The van der Waals surface area contributed by atoms with Gasteiger partial charge in [-0.25, -0.2) is 0 Å². The van der Waals surface area contributed by atoms with E-state index in [-0.39, 0.29) is 24.2 Å². The first-order valence-electron chi connectivity index (χ1n) is 8.26. The number of carbonyl (C=O) groups is 1. The summed E-state index contributed by atoms with van der Waals surface area (Å²) in [4.78, 5) is 12.5. The van der Waals surface area contributed by atoms with Gasteiger partial charge in [-0.05, 0) is 18.4 Å². The number of aliphatic hydroxyl groups is 1. The highest BCUT2D eigenvalue weighted by atomic mass is 16.5. The van der Waals surface area contributed by atoms with Crippen LogP contribution in [-0.2, 0) is 0 Å². The topological polar surface area (TPSA) is 75.4 Å². The molecule has 3 aromatic rings. The molecule has 0 bridgehead atoms. The summed E-state index contributed by atoms with van der Waals surface area (Å²) in [6.45, 7) is 0.0846. The van der Waals surface area contributed by atoms with Gasteiger partial charge < -0.3 is 14.9 Å². The van der Waals surface area contributed by atoms with E-state index >= 15 is 0 Å². The van der Waals surface area contributed by atoms with Crippen LogP contribution in [0.3, 0.4) is 0 Å². The van der Waals surface area contributed by atoms with Crippen molar-refractivity contribution in [2.75, 3.05) is 6.61 Å². The number of rotatable bonds is 7. The van der Waals surface area contributed by atoms with Gasteiger partial charge in [0.1, 0.15) is 0 Å². The SMILES string of the molecule is O=C(NC(CCCO)c1ccccc1)c1cc(-c2ccccc2)on1. The molecule has 0 radical (unpaired) electrons. The summed E-state index contributed by atoms with van der Waals surface area (Å²) in [6.07, 6.45) is 1.25. The molecule has 0 spiro atoms. The van der Waals surface area contributed by atoms with Crippen LogP contribution in [-0.4, -0.2) is 22.8 Å². The lowest BCUT2D eigenvalue weighted by Crippen LogP contribution is -2.29. The summed E-state index contributed by atoms with van der Waals surface area (Å²) >= 11 is 0. The van der Waals surface area contributed by atoms with E-state index in [1.165, 1.54) is 0 Å². The van der Waals surface area contributed by atoms with Gasteiger partial charge in [0.15, 0.2) is 11.5 Å². The van der Waals surface area contributed by atoms with Crippen molar-refractivity contribution >= 4 is 5.91 Å². The van der Waals surface area contributed by atoms with Crippen molar-refractivity contribution in [1.82, 2.24) is 10.5 Å².